The summed E-state index contributed by atoms with van der Waals surface area (Å²) in [5.41, 5.74) is 5.17. The number of nitrogens with two attached hydrogens (primary N) is 1. The highest BCUT2D eigenvalue weighted by Gasteiger charge is 2.10. The Bertz CT molecular complexity index is 379. The fraction of sp³-hybridized carbons (Fsp3) is 0.300. The molecule has 16 heavy (non-hydrogen) atoms. The van der Waals surface area contributed by atoms with Crippen LogP contribution in [0.5, 0.6) is 11.5 Å². The summed E-state index contributed by atoms with van der Waals surface area (Å²) in [5.74, 6) is -0.572. The zero-order valence-corrected chi connectivity index (χ0v) is 8.46. The highest BCUT2D eigenvalue weighted by atomic mass is 16.5. The minimum Gasteiger partial charge on any atom is -0.504 e. The summed E-state index contributed by atoms with van der Waals surface area (Å²) in [6.45, 7) is -0.0157. The highest BCUT2D eigenvalue weighted by Crippen LogP contribution is 2.28. The van der Waals surface area contributed by atoms with Crippen LogP contribution in [-0.4, -0.2) is 28.0 Å². The summed E-state index contributed by atoms with van der Waals surface area (Å²) < 4.78 is 4.45. The molecular weight excluding hydrogens is 214 g/mol. The maximum absolute atomic E-state index is 10.3. The maximum atomic E-state index is 10.3. The van der Waals surface area contributed by atoms with E-state index in [0.717, 1.165) is 0 Å². The quantitative estimate of drug-likeness (QED) is 0.563. The Hall–Kier alpha value is -1.95. The third kappa shape index (κ3) is 3.32. The molecule has 0 fully saturated rings. The molecule has 1 aromatic rings. The van der Waals surface area contributed by atoms with Crippen molar-refractivity contribution in [1.82, 2.24) is 0 Å². The molecular formula is C10H13NO5. The molecule has 0 aliphatic rings. The van der Waals surface area contributed by atoms with Crippen molar-refractivity contribution in [2.45, 2.75) is 12.5 Å². The Morgan fingerprint density at radius 3 is 2.62 bits per heavy atom. The third-order valence-corrected chi connectivity index (χ3v) is 2.02. The van der Waals surface area contributed by atoms with Crippen LogP contribution in [0.3, 0.4) is 0 Å². The molecule has 0 spiro atoms. The molecule has 0 saturated carbocycles. The number of aliphatic hydroxyl groups excluding tert-OH is 1. The predicted molar refractivity (Wildman–Crippen MR) is 54.9 cm³/mol. The van der Waals surface area contributed by atoms with Crippen molar-refractivity contribution in [3.8, 4) is 11.5 Å². The summed E-state index contributed by atoms with van der Waals surface area (Å²) in [6, 6.07) is 3.97. The molecule has 0 aliphatic heterocycles. The van der Waals surface area contributed by atoms with Crippen LogP contribution in [0.1, 0.15) is 18.1 Å². The number of aliphatic hydroxyl groups is 1. The largest absolute Gasteiger partial charge is 0.504 e. The molecule has 0 aromatic heterocycles. The van der Waals surface area contributed by atoms with Gasteiger partial charge in [0.25, 0.3) is 0 Å². The topological polar surface area (TPSA) is 113 Å². The van der Waals surface area contributed by atoms with E-state index in [1.54, 1.807) is 0 Å². The number of carbonyl (C=O) groups excluding carboxylic acids is 1. The fourth-order valence-electron chi connectivity index (χ4n) is 1.19. The van der Waals surface area contributed by atoms with E-state index in [2.05, 4.69) is 4.74 Å². The normalized spacial score (nSPS) is 12.1. The first-order valence-corrected chi connectivity index (χ1v) is 4.63. The molecule has 0 radical (unpaired) electrons. The molecule has 0 aliphatic carbocycles. The lowest BCUT2D eigenvalue weighted by Crippen LogP contribution is -2.15. The van der Waals surface area contributed by atoms with Crippen LogP contribution in [0.25, 0.3) is 0 Å². The van der Waals surface area contributed by atoms with Crippen molar-refractivity contribution in [3.63, 3.8) is 0 Å². The number of aromatic hydroxyl groups is 2. The van der Waals surface area contributed by atoms with Gasteiger partial charge in [-0.25, -0.2) is 4.79 Å². The fourth-order valence-corrected chi connectivity index (χ4v) is 1.19. The minimum atomic E-state index is -0.902. The Morgan fingerprint density at radius 2 is 2.06 bits per heavy atom. The summed E-state index contributed by atoms with van der Waals surface area (Å²) in [6.07, 6.45) is -1.64. The second kappa shape index (κ2) is 5.22. The number of rotatable bonds is 4. The van der Waals surface area contributed by atoms with Gasteiger partial charge in [0.05, 0.1) is 12.7 Å². The number of amides is 1. The van der Waals surface area contributed by atoms with Gasteiger partial charge >= 0.3 is 6.09 Å². The summed E-state index contributed by atoms with van der Waals surface area (Å²) >= 11 is 0. The van der Waals surface area contributed by atoms with Gasteiger partial charge in [-0.15, -0.1) is 0 Å². The average molecular weight is 227 g/mol. The summed E-state index contributed by atoms with van der Waals surface area (Å²) in [4.78, 5) is 10.3. The zero-order chi connectivity index (χ0) is 12.1. The first kappa shape index (κ1) is 12.1. The summed E-state index contributed by atoms with van der Waals surface area (Å²) in [7, 11) is 0. The molecule has 0 heterocycles. The first-order valence-electron chi connectivity index (χ1n) is 4.63. The van der Waals surface area contributed by atoms with Gasteiger partial charge in [-0.2, -0.15) is 0 Å². The van der Waals surface area contributed by atoms with Gasteiger partial charge in [-0.05, 0) is 17.7 Å². The Kier molecular flexibility index (Phi) is 3.96. The van der Waals surface area contributed by atoms with Crippen LogP contribution < -0.4 is 5.73 Å². The molecule has 0 bridgehead atoms. The van der Waals surface area contributed by atoms with Crippen LogP contribution in [0, 0.1) is 0 Å². The van der Waals surface area contributed by atoms with Crippen molar-refractivity contribution < 1.29 is 24.9 Å². The lowest BCUT2D eigenvalue weighted by molar-refractivity contribution is 0.111. The van der Waals surface area contributed by atoms with E-state index in [9.17, 15) is 15.0 Å². The molecule has 6 heteroatoms. The van der Waals surface area contributed by atoms with Crippen molar-refractivity contribution in [1.29, 1.82) is 0 Å². The molecule has 1 amide bonds. The molecule has 1 aromatic carbocycles. The highest BCUT2D eigenvalue weighted by molar-refractivity contribution is 5.64. The van der Waals surface area contributed by atoms with Gasteiger partial charge in [-0.1, -0.05) is 6.07 Å². The average Bonchev–Trinajstić information content (AvgIpc) is 2.21. The Balaban J connectivity index is 2.55. The van der Waals surface area contributed by atoms with Crippen molar-refractivity contribution >= 4 is 6.09 Å². The SMILES string of the molecule is NC(=O)OCC[C@@H](O)c1ccc(O)c(O)c1. The molecule has 1 atom stereocenters. The summed E-state index contributed by atoms with van der Waals surface area (Å²) in [5, 5.41) is 27.9. The van der Waals surface area contributed by atoms with Crippen molar-refractivity contribution in [2.24, 2.45) is 5.73 Å². The number of phenolic OH excluding ortho intramolecular Hbond substituents is 2. The molecule has 1 rings (SSSR count). The molecule has 6 nitrogen and oxygen atoms in total. The zero-order valence-electron chi connectivity index (χ0n) is 8.46. The van der Waals surface area contributed by atoms with Gasteiger partial charge in [0, 0.05) is 6.42 Å². The monoisotopic (exact) mass is 227 g/mol. The van der Waals surface area contributed by atoms with Gasteiger partial charge in [0.1, 0.15) is 0 Å². The Morgan fingerprint density at radius 1 is 1.38 bits per heavy atom. The lowest BCUT2D eigenvalue weighted by atomic mass is 10.1. The number of phenols is 2. The smallest absolute Gasteiger partial charge is 0.404 e. The number of hydrogen-bond donors (Lipinski definition) is 4. The molecule has 5 N–H and O–H groups in total. The Labute approximate surface area is 91.9 Å². The van der Waals surface area contributed by atoms with Crippen LogP contribution in [0.2, 0.25) is 0 Å². The number of hydrogen-bond acceptors (Lipinski definition) is 5. The number of primary amides is 1. The van der Waals surface area contributed by atoms with Crippen LogP contribution in [0.15, 0.2) is 18.2 Å². The number of benzene rings is 1. The van der Waals surface area contributed by atoms with Gasteiger partial charge in [0.15, 0.2) is 11.5 Å². The standard InChI is InChI=1S/C10H13NO5/c11-10(15)16-4-3-7(12)6-1-2-8(13)9(14)5-6/h1-2,5,7,12-14H,3-4H2,(H2,11,15)/t7-/m1/s1. The number of ether oxygens (including phenoxy) is 1. The van der Waals surface area contributed by atoms with Crippen LogP contribution in [0.4, 0.5) is 4.79 Å². The number of carbonyl (C=O) groups is 1. The predicted octanol–water partition coefficient (Wildman–Crippen LogP) is 0.617. The molecule has 0 saturated heterocycles. The molecule has 0 unspecified atom stereocenters. The van der Waals surface area contributed by atoms with Gasteiger partial charge < -0.3 is 25.8 Å². The van der Waals surface area contributed by atoms with Crippen LogP contribution in [-0.2, 0) is 4.74 Å². The van der Waals surface area contributed by atoms with E-state index < -0.39 is 12.2 Å². The second-order valence-corrected chi connectivity index (χ2v) is 3.22. The van der Waals surface area contributed by atoms with Crippen molar-refractivity contribution in [2.75, 3.05) is 6.61 Å². The van der Waals surface area contributed by atoms with E-state index in [-0.39, 0.29) is 24.5 Å². The third-order valence-electron chi connectivity index (χ3n) is 2.02. The van der Waals surface area contributed by atoms with E-state index in [0.29, 0.717) is 5.56 Å². The van der Waals surface area contributed by atoms with E-state index in [4.69, 9.17) is 10.8 Å². The first-order chi connectivity index (χ1) is 7.50. The molecule has 88 valence electrons. The van der Waals surface area contributed by atoms with Crippen molar-refractivity contribution in [3.05, 3.63) is 23.8 Å². The van der Waals surface area contributed by atoms with Crippen LogP contribution >= 0.6 is 0 Å². The van der Waals surface area contributed by atoms with E-state index >= 15 is 0 Å². The maximum Gasteiger partial charge on any atom is 0.404 e. The van der Waals surface area contributed by atoms with E-state index in [1.165, 1.54) is 18.2 Å². The second-order valence-electron chi connectivity index (χ2n) is 3.22. The lowest BCUT2D eigenvalue weighted by Gasteiger charge is -2.11. The minimum absolute atomic E-state index is 0.0157. The van der Waals surface area contributed by atoms with Gasteiger partial charge in [-0.3, -0.25) is 0 Å². The van der Waals surface area contributed by atoms with E-state index in [1.807, 2.05) is 0 Å². The van der Waals surface area contributed by atoms with Gasteiger partial charge in [0.2, 0.25) is 0 Å².